The molecule has 7 heteroatoms. The van der Waals surface area contributed by atoms with Gasteiger partial charge in [-0.1, -0.05) is 34.8 Å². The largest absolute Gasteiger partial charge is 0.442 e. The summed E-state index contributed by atoms with van der Waals surface area (Å²) in [6.07, 6.45) is 0. The molecule has 0 aromatic heterocycles. The van der Waals surface area contributed by atoms with Gasteiger partial charge in [-0.3, -0.25) is 0 Å². The van der Waals surface area contributed by atoms with Crippen LogP contribution >= 0.6 is 46.6 Å². The maximum Gasteiger partial charge on any atom is 0.442 e. The van der Waals surface area contributed by atoms with E-state index in [0.717, 1.165) is 0 Å². The van der Waals surface area contributed by atoms with Crippen molar-refractivity contribution in [3.05, 3.63) is 32.8 Å². The molecular weight excluding hydrogens is 292 g/mol. The molecular formula is C8H4Cl3F3S. The zero-order valence-corrected chi connectivity index (χ0v) is 10.1. The molecule has 0 nitrogen and oxygen atoms in total. The lowest BCUT2D eigenvalue weighted by Gasteiger charge is -2.09. The number of alkyl halides is 3. The van der Waals surface area contributed by atoms with Crippen molar-refractivity contribution in [1.29, 1.82) is 0 Å². The van der Waals surface area contributed by atoms with Crippen molar-refractivity contribution >= 4 is 46.6 Å². The van der Waals surface area contributed by atoms with Crippen LogP contribution in [-0.2, 0) is 5.75 Å². The molecule has 1 rings (SSSR count). The van der Waals surface area contributed by atoms with Gasteiger partial charge in [-0.2, -0.15) is 13.2 Å². The fourth-order valence-electron chi connectivity index (χ4n) is 0.864. The molecule has 0 atom stereocenters. The fourth-order valence-corrected chi connectivity index (χ4v) is 2.59. The topological polar surface area (TPSA) is 0 Å². The van der Waals surface area contributed by atoms with E-state index in [2.05, 4.69) is 0 Å². The first-order valence-electron chi connectivity index (χ1n) is 3.63. The van der Waals surface area contributed by atoms with Crippen molar-refractivity contribution in [3.8, 4) is 0 Å². The number of halogens is 6. The molecule has 0 N–H and O–H groups in total. The minimum Gasteiger partial charge on any atom is -0.160 e. The predicted molar refractivity (Wildman–Crippen MR) is 58.8 cm³/mol. The Morgan fingerprint density at radius 1 is 1.07 bits per heavy atom. The number of rotatable bonds is 2. The van der Waals surface area contributed by atoms with Gasteiger partial charge in [-0.15, -0.1) is 0 Å². The minimum absolute atomic E-state index is 0.143. The van der Waals surface area contributed by atoms with Crippen molar-refractivity contribution in [3.63, 3.8) is 0 Å². The number of thioether (sulfide) groups is 1. The number of hydrogen-bond acceptors (Lipinski definition) is 1. The first-order chi connectivity index (χ1) is 6.79. The summed E-state index contributed by atoms with van der Waals surface area (Å²) in [4.78, 5) is 0. The Balaban J connectivity index is 2.86. The van der Waals surface area contributed by atoms with Gasteiger partial charge >= 0.3 is 5.51 Å². The Labute approximate surface area is 104 Å². The van der Waals surface area contributed by atoms with Gasteiger partial charge in [-0.05, 0) is 29.5 Å². The van der Waals surface area contributed by atoms with Gasteiger partial charge in [0.2, 0.25) is 0 Å². The van der Waals surface area contributed by atoms with E-state index in [-0.39, 0.29) is 33.1 Å². The third-order valence-electron chi connectivity index (χ3n) is 1.49. The Bertz CT molecular complexity index is 342. The molecule has 0 saturated carbocycles. The van der Waals surface area contributed by atoms with E-state index in [1.165, 1.54) is 12.1 Å². The average molecular weight is 296 g/mol. The van der Waals surface area contributed by atoms with Crippen molar-refractivity contribution in [2.24, 2.45) is 0 Å². The van der Waals surface area contributed by atoms with Crippen LogP contribution in [-0.4, -0.2) is 5.51 Å². The summed E-state index contributed by atoms with van der Waals surface area (Å²) in [7, 11) is 0. The quantitative estimate of drug-likeness (QED) is 0.704. The second-order valence-corrected chi connectivity index (χ2v) is 4.87. The molecule has 1 aromatic carbocycles. The van der Waals surface area contributed by atoms with E-state index < -0.39 is 5.51 Å². The Kier molecular flexibility index (Phi) is 4.47. The molecule has 0 saturated heterocycles. The summed E-state index contributed by atoms with van der Waals surface area (Å²) in [5, 5.41) is 0.583. The molecule has 0 bridgehead atoms. The predicted octanol–water partition coefficient (Wildman–Crippen LogP) is 5.40. The van der Waals surface area contributed by atoms with E-state index >= 15 is 0 Å². The maximum absolute atomic E-state index is 11.9. The molecule has 0 amide bonds. The molecule has 0 fully saturated rings. The molecule has 0 unspecified atom stereocenters. The molecule has 0 aliphatic heterocycles. The van der Waals surface area contributed by atoms with Crippen molar-refractivity contribution in [1.82, 2.24) is 0 Å². The molecule has 1 aromatic rings. The lowest BCUT2D eigenvalue weighted by molar-refractivity contribution is -0.0329. The minimum atomic E-state index is -4.30. The standard InChI is InChI=1S/C8H4Cl3F3S/c9-4-1-6(10)5(7(11)2-4)3-15-8(12,13)14/h1-2H,3H2. The highest BCUT2D eigenvalue weighted by molar-refractivity contribution is 7.99. The second kappa shape index (κ2) is 5.04. The van der Waals surface area contributed by atoms with Crippen LogP contribution in [0.3, 0.4) is 0 Å². The van der Waals surface area contributed by atoms with Crippen LogP contribution in [0, 0.1) is 0 Å². The van der Waals surface area contributed by atoms with E-state index in [4.69, 9.17) is 34.8 Å². The van der Waals surface area contributed by atoms with Gasteiger partial charge in [0.05, 0.1) is 0 Å². The van der Waals surface area contributed by atoms with E-state index in [1.54, 1.807) is 0 Å². The monoisotopic (exact) mass is 294 g/mol. The van der Waals surface area contributed by atoms with Gasteiger partial charge in [0.25, 0.3) is 0 Å². The SMILES string of the molecule is FC(F)(F)SCc1c(Cl)cc(Cl)cc1Cl. The number of benzene rings is 1. The second-order valence-electron chi connectivity index (χ2n) is 2.58. The van der Waals surface area contributed by atoms with Crippen molar-refractivity contribution in [2.45, 2.75) is 11.3 Å². The third kappa shape index (κ3) is 4.31. The summed E-state index contributed by atoms with van der Waals surface area (Å²) >= 11 is 16.9. The normalized spacial score (nSPS) is 11.9. The van der Waals surface area contributed by atoms with Gasteiger partial charge in [0, 0.05) is 20.8 Å². The smallest absolute Gasteiger partial charge is 0.160 e. The van der Waals surface area contributed by atoms with Crippen LogP contribution in [0.1, 0.15) is 5.56 Å². The third-order valence-corrected chi connectivity index (χ3v) is 3.14. The van der Waals surface area contributed by atoms with Gasteiger partial charge < -0.3 is 0 Å². The lowest BCUT2D eigenvalue weighted by atomic mass is 10.2. The van der Waals surface area contributed by atoms with Gasteiger partial charge in [0.1, 0.15) is 0 Å². The summed E-state index contributed by atoms with van der Waals surface area (Å²) in [5.74, 6) is -0.321. The first kappa shape index (κ1) is 13.3. The Hall–Kier alpha value is 0.230. The molecule has 0 spiro atoms. The zero-order chi connectivity index (χ0) is 11.6. The highest BCUT2D eigenvalue weighted by Crippen LogP contribution is 2.38. The van der Waals surface area contributed by atoms with E-state index in [1.807, 2.05) is 0 Å². The Morgan fingerprint density at radius 3 is 1.93 bits per heavy atom. The summed E-state index contributed by atoms with van der Waals surface area (Å²) in [5.41, 5.74) is -4.06. The lowest BCUT2D eigenvalue weighted by Crippen LogP contribution is -2.01. The first-order valence-corrected chi connectivity index (χ1v) is 5.75. The van der Waals surface area contributed by atoms with Crippen LogP contribution in [0.4, 0.5) is 13.2 Å². The van der Waals surface area contributed by atoms with Gasteiger partial charge in [0.15, 0.2) is 0 Å². The molecule has 0 aliphatic carbocycles. The van der Waals surface area contributed by atoms with Crippen LogP contribution < -0.4 is 0 Å². The molecule has 0 heterocycles. The van der Waals surface area contributed by atoms with Crippen LogP contribution in [0.5, 0.6) is 0 Å². The highest BCUT2D eigenvalue weighted by Gasteiger charge is 2.28. The van der Waals surface area contributed by atoms with Gasteiger partial charge in [-0.25, -0.2) is 0 Å². The average Bonchev–Trinajstić information content (AvgIpc) is 1.99. The summed E-state index contributed by atoms with van der Waals surface area (Å²) in [6.45, 7) is 0. The molecule has 0 radical (unpaired) electrons. The van der Waals surface area contributed by atoms with Crippen LogP contribution in [0.2, 0.25) is 15.1 Å². The van der Waals surface area contributed by atoms with Crippen LogP contribution in [0.25, 0.3) is 0 Å². The van der Waals surface area contributed by atoms with E-state index in [9.17, 15) is 13.2 Å². The van der Waals surface area contributed by atoms with Crippen molar-refractivity contribution in [2.75, 3.05) is 0 Å². The molecule has 84 valence electrons. The number of hydrogen-bond donors (Lipinski definition) is 0. The summed E-state index contributed by atoms with van der Waals surface area (Å²) < 4.78 is 35.8. The summed E-state index contributed by atoms with van der Waals surface area (Å²) in [6, 6.07) is 2.72. The molecule has 15 heavy (non-hydrogen) atoms. The molecule has 0 aliphatic rings. The maximum atomic E-state index is 11.9. The van der Waals surface area contributed by atoms with Crippen LogP contribution in [0.15, 0.2) is 12.1 Å². The fraction of sp³-hybridized carbons (Fsp3) is 0.250. The zero-order valence-electron chi connectivity index (χ0n) is 7.04. The van der Waals surface area contributed by atoms with E-state index in [0.29, 0.717) is 5.02 Å². The Morgan fingerprint density at radius 2 is 1.53 bits per heavy atom. The van der Waals surface area contributed by atoms with Crippen molar-refractivity contribution < 1.29 is 13.2 Å². The highest BCUT2D eigenvalue weighted by atomic mass is 35.5.